The molecule has 0 amide bonds. The summed E-state index contributed by atoms with van der Waals surface area (Å²) in [5, 5.41) is 0. The Kier molecular flexibility index (Phi) is 4.66. The van der Waals surface area contributed by atoms with Crippen molar-refractivity contribution in [3.05, 3.63) is 47.5 Å². The highest BCUT2D eigenvalue weighted by Gasteiger charge is 2.14. The Bertz CT molecular complexity index is 490. The van der Waals surface area contributed by atoms with E-state index in [0.717, 1.165) is 12.6 Å². The number of carbonyl (C=O) groups excluding carboxylic acids is 2. The van der Waals surface area contributed by atoms with Crippen molar-refractivity contribution in [2.45, 2.75) is 26.2 Å². The number of nitrogens with one attached hydrogen (secondary N) is 2. The van der Waals surface area contributed by atoms with Crippen LogP contribution in [0.5, 0.6) is 0 Å². The van der Waals surface area contributed by atoms with Gasteiger partial charge < -0.3 is 9.97 Å². The molecule has 0 fully saturated rings. The smallest absolute Gasteiger partial charge is 0.166 e. The second kappa shape index (κ2) is 6.00. The molecule has 0 saturated carbocycles. The molecule has 4 heteroatoms. The van der Waals surface area contributed by atoms with E-state index < -0.39 is 0 Å². The second-order valence-corrected chi connectivity index (χ2v) is 4.95. The molecular weight excluding hydrogens is 228 g/mol. The Hall–Kier alpha value is -2.10. The highest BCUT2D eigenvalue weighted by molar-refractivity contribution is 5.72. The Morgan fingerprint density at radius 3 is 2.00 bits per heavy atom. The summed E-state index contributed by atoms with van der Waals surface area (Å²) < 4.78 is 0. The van der Waals surface area contributed by atoms with Gasteiger partial charge in [0.2, 0.25) is 0 Å². The number of hydrogen-bond acceptors (Lipinski definition) is 2. The lowest BCUT2D eigenvalue weighted by atomic mass is 9.89. The zero-order valence-electron chi connectivity index (χ0n) is 10.9. The number of aromatic amines is 2. The maximum Gasteiger partial charge on any atom is 0.166 e. The van der Waals surface area contributed by atoms with E-state index in [1.165, 1.54) is 5.56 Å². The lowest BCUT2D eigenvalue weighted by Crippen LogP contribution is -2.09. The molecule has 18 heavy (non-hydrogen) atoms. The highest BCUT2D eigenvalue weighted by Crippen LogP contribution is 2.21. The van der Waals surface area contributed by atoms with Crippen molar-refractivity contribution in [3.8, 4) is 0 Å². The molecule has 4 nitrogen and oxygen atoms in total. The zero-order valence-corrected chi connectivity index (χ0v) is 10.9. The van der Waals surface area contributed by atoms with Gasteiger partial charge in [0.05, 0.1) is 11.4 Å². The van der Waals surface area contributed by atoms with Crippen LogP contribution in [0, 0.1) is 0 Å². The number of aldehydes is 2. The number of aromatic nitrogens is 2. The van der Waals surface area contributed by atoms with E-state index in [4.69, 9.17) is 0 Å². The topological polar surface area (TPSA) is 65.7 Å². The largest absolute Gasteiger partial charge is 0.359 e. The van der Waals surface area contributed by atoms with Crippen LogP contribution in [0.25, 0.3) is 0 Å². The summed E-state index contributed by atoms with van der Waals surface area (Å²) in [4.78, 5) is 25.8. The van der Waals surface area contributed by atoms with Gasteiger partial charge in [-0.05, 0) is 29.2 Å². The van der Waals surface area contributed by atoms with Gasteiger partial charge in [0, 0.05) is 12.4 Å². The molecule has 0 atom stereocenters. The van der Waals surface area contributed by atoms with E-state index in [0.29, 0.717) is 11.4 Å². The number of rotatable bonds is 2. The van der Waals surface area contributed by atoms with Crippen molar-refractivity contribution in [2.75, 3.05) is 0 Å². The molecule has 0 unspecified atom stereocenters. The lowest BCUT2D eigenvalue weighted by molar-refractivity contribution is 0.111. The minimum atomic E-state index is 0.123. The van der Waals surface area contributed by atoms with Crippen molar-refractivity contribution in [1.82, 2.24) is 9.97 Å². The third-order valence-corrected chi connectivity index (χ3v) is 2.45. The Morgan fingerprint density at radius 2 is 1.72 bits per heavy atom. The van der Waals surface area contributed by atoms with E-state index in [1.54, 1.807) is 18.3 Å². The fourth-order valence-electron chi connectivity index (χ4n) is 1.33. The van der Waals surface area contributed by atoms with Crippen LogP contribution in [0.3, 0.4) is 0 Å². The van der Waals surface area contributed by atoms with Gasteiger partial charge in [-0.15, -0.1) is 0 Å². The Balaban J connectivity index is 0.000000199. The van der Waals surface area contributed by atoms with E-state index in [2.05, 4.69) is 30.7 Å². The zero-order chi connectivity index (χ0) is 13.6. The Labute approximate surface area is 106 Å². The molecule has 2 N–H and O–H groups in total. The fourth-order valence-corrected chi connectivity index (χ4v) is 1.33. The second-order valence-electron chi connectivity index (χ2n) is 4.95. The van der Waals surface area contributed by atoms with Crippen molar-refractivity contribution >= 4 is 12.6 Å². The summed E-state index contributed by atoms with van der Waals surface area (Å²) in [7, 11) is 0. The molecular formula is C14H18N2O2. The number of H-pyrrole nitrogens is 2. The van der Waals surface area contributed by atoms with Gasteiger partial charge in [-0.3, -0.25) is 9.59 Å². The molecule has 0 saturated heterocycles. The first-order valence-electron chi connectivity index (χ1n) is 5.70. The lowest BCUT2D eigenvalue weighted by Gasteiger charge is -2.15. The Morgan fingerprint density at radius 1 is 1.06 bits per heavy atom. The van der Waals surface area contributed by atoms with Gasteiger partial charge in [-0.25, -0.2) is 0 Å². The average Bonchev–Trinajstić information content (AvgIpc) is 3.00. The maximum atomic E-state index is 10.3. The first kappa shape index (κ1) is 14.0. The first-order chi connectivity index (χ1) is 8.47. The number of carbonyl (C=O) groups is 2. The number of hydrogen-bond donors (Lipinski definition) is 2. The van der Waals surface area contributed by atoms with Crippen LogP contribution in [-0.2, 0) is 5.41 Å². The van der Waals surface area contributed by atoms with Crippen molar-refractivity contribution < 1.29 is 9.59 Å². The molecule has 96 valence electrons. The maximum absolute atomic E-state index is 10.3. The molecule has 2 aromatic rings. The van der Waals surface area contributed by atoms with Crippen LogP contribution in [-0.4, -0.2) is 22.5 Å². The predicted octanol–water partition coefficient (Wildman–Crippen LogP) is 2.95. The van der Waals surface area contributed by atoms with Crippen LogP contribution in [0.4, 0.5) is 0 Å². The van der Waals surface area contributed by atoms with Gasteiger partial charge in [0.25, 0.3) is 0 Å². The van der Waals surface area contributed by atoms with Gasteiger partial charge in [-0.2, -0.15) is 0 Å². The molecule has 0 aliphatic rings. The van der Waals surface area contributed by atoms with Crippen LogP contribution < -0.4 is 0 Å². The first-order valence-corrected chi connectivity index (χ1v) is 5.70. The molecule has 0 aliphatic carbocycles. The summed E-state index contributed by atoms with van der Waals surface area (Å²) in [6.45, 7) is 6.35. The van der Waals surface area contributed by atoms with Crippen molar-refractivity contribution in [2.24, 2.45) is 0 Å². The summed E-state index contributed by atoms with van der Waals surface area (Å²) in [5.74, 6) is 0. The van der Waals surface area contributed by atoms with Crippen LogP contribution in [0.15, 0.2) is 30.6 Å². The summed E-state index contributed by atoms with van der Waals surface area (Å²) in [6, 6.07) is 5.38. The van der Waals surface area contributed by atoms with Gasteiger partial charge in [-0.1, -0.05) is 20.8 Å². The van der Waals surface area contributed by atoms with Crippen molar-refractivity contribution in [3.63, 3.8) is 0 Å². The third kappa shape index (κ3) is 4.05. The third-order valence-electron chi connectivity index (χ3n) is 2.45. The minimum absolute atomic E-state index is 0.123. The fraction of sp³-hybridized carbons (Fsp3) is 0.286. The monoisotopic (exact) mass is 246 g/mol. The van der Waals surface area contributed by atoms with Gasteiger partial charge in [0.15, 0.2) is 12.6 Å². The summed E-state index contributed by atoms with van der Waals surface area (Å²) in [5.41, 5.74) is 2.56. The molecule has 0 aliphatic heterocycles. The van der Waals surface area contributed by atoms with Crippen LogP contribution in [0.2, 0.25) is 0 Å². The van der Waals surface area contributed by atoms with E-state index in [1.807, 2.05) is 12.3 Å². The van der Waals surface area contributed by atoms with Crippen molar-refractivity contribution in [1.29, 1.82) is 0 Å². The van der Waals surface area contributed by atoms with E-state index in [9.17, 15) is 9.59 Å². The summed E-state index contributed by atoms with van der Waals surface area (Å²) >= 11 is 0. The molecule has 2 heterocycles. The van der Waals surface area contributed by atoms with E-state index in [-0.39, 0.29) is 5.41 Å². The van der Waals surface area contributed by atoms with Gasteiger partial charge in [0.1, 0.15) is 0 Å². The normalized spacial score (nSPS) is 10.4. The predicted molar refractivity (Wildman–Crippen MR) is 71.1 cm³/mol. The standard InChI is InChI=1S/C9H13NO.C5H5NO/c1-9(2,3)7-4-8(6-11)10-5-7;7-4-5-2-1-3-6-5/h4-6,10H,1-3H3;1-4,6H. The molecule has 0 radical (unpaired) electrons. The molecule has 0 bridgehead atoms. The average molecular weight is 246 g/mol. The minimum Gasteiger partial charge on any atom is -0.359 e. The highest BCUT2D eigenvalue weighted by atomic mass is 16.1. The SMILES string of the molecule is CC(C)(C)c1c[nH]c(C=O)c1.O=Cc1ccc[nH]1. The van der Waals surface area contributed by atoms with Gasteiger partial charge >= 0.3 is 0 Å². The quantitative estimate of drug-likeness (QED) is 0.800. The molecule has 2 aromatic heterocycles. The van der Waals surface area contributed by atoms with Crippen LogP contribution >= 0.6 is 0 Å². The van der Waals surface area contributed by atoms with E-state index >= 15 is 0 Å². The molecule has 0 spiro atoms. The van der Waals surface area contributed by atoms with Crippen LogP contribution in [0.1, 0.15) is 47.3 Å². The summed E-state index contributed by atoms with van der Waals surface area (Å²) in [6.07, 6.45) is 5.20. The molecule has 0 aromatic carbocycles. The molecule has 2 rings (SSSR count).